The van der Waals surface area contributed by atoms with Gasteiger partial charge in [-0.2, -0.15) is 0 Å². The molecule has 0 amide bonds. The van der Waals surface area contributed by atoms with Crippen molar-refractivity contribution in [2.24, 2.45) is 0 Å². The Labute approximate surface area is 138 Å². The van der Waals surface area contributed by atoms with E-state index in [1.165, 1.54) is 17.4 Å². The van der Waals surface area contributed by atoms with Crippen LogP contribution in [-0.4, -0.2) is 13.5 Å². The van der Waals surface area contributed by atoms with E-state index >= 15 is 0 Å². The van der Waals surface area contributed by atoms with E-state index in [9.17, 15) is 8.42 Å². The number of anilines is 1. The Balaban J connectivity index is 2.35. The second-order valence-corrected chi connectivity index (χ2v) is 9.04. The van der Waals surface area contributed by atoms with Gasteiger partial charge in [-0.25, -0.2) is 8.42 Å². The molecule has 0 aliphatic rings. The summed E-state index contributed by atoms with van der Waals surface area (Å²) < 4.78 is 28.6. The van der Waals surface area contributed by atoms with Crippen molar-refractivity contribution in [3.63, 3.8) is 0 Å². The average molecular weight is 441 g/mol. The first kappa shape index (κ1) is 16.0. The van der Waals surface area contributed by atoms with E-state index in [0.29, 0.717) is 14.4 Å². The number of rotatable bonds is 4. The van der Waals surface area contributed by atoms with Crippen molar-refractivity contribution >= 4 is 58.9 Å². The molecule has 2 aromatic rings. The molecule has 0 spiro atoms. The monoisotopic (exact) mass is 439 g/mol. The summed E-state index contributed by atoms with van der Waals surface area (Å²) >= 11 is 7.78. The molecule has 1 heterocycles. The van der Waals surface area contributed by atoms with Gasteiger partial charge in [0.2, 0.25) is 0 Å². The molecule has 2 N–H and O–H groups in total. The van der Waals surface area contributed by atoms with Crippen molar-refractivity contribution in [2.45, 2.75) is 18.4 Å². The van der Waals surface area contributed by atoms with Crippen LogP contribution in [0.4, 0.5) is 5.69 Å². The predicted octanol–water partition coefficient (Wildman–Crippen LogP) is 3.87. The van der Waals surface area contributed by atoms with Gasteiger partial charge < -0.3 is 5.11 Å². The highest BCUT2D eigenvalue weighted by Gasteiger charge is 2.21. The molecular formula is C12H11Br2NO3S2. The van der Waals surface area contributed by atoms with Gasteiger partial charge in [-0.15, -0.1) is 11.3 Å². The van der Waals surface area contributed by atoms with Crippen LogP contribution >= 0.6 is 43.2 Å². The Hall–Kier alpha value is -0.410. The molecule has 4 nitrogen and oxygen atoms in total. The van der Waals surface area contributed by atoms with Crippen LogP contribution in [0.5, 0.6) is 0 Å². The summed E-state index contributed by atoms with van der Waals surface area (Å²) in [6.45, 7) is 1.70. The van der Waals surface area contributed by atoms with Gasteiger partial charge in [-0.3, -0.25) is 4.72 Å². The van der Waals surface area contributed by atoms with E-state index in [-0.39, 0.29) is 11.5 Å². The van der Waals surface area contributed by atoms with Gasteiger partial charge in [0.25, 0.3) is 10.0 Å². The second-order valence-electron chi connectivity index (χ2n) is 4.08. The Morgan fingerprint density at radius 2 is 2.00 bits per heavy atom. The standard InChI is InChI=1S/C12H11Br2NO3S2/c1-7-4-8(2-3-10(7)13)15-20(17,18)11-5-9(6-16)19-12(11)14/h2-5,15-16H,6H2,1H3. The van der Waals surface area contributed by atoms with Crippen LogP contribution in [0.25, 0.3) is 0 Å². The summed E-state index contributed by atoms with van der Waals surface area (Å²) in [5, 5.41) is 9.07. The molecule has 0 saturated heterocycles. The van der Waals surface area contributed by atoms with Gasteiger partial charge in [0.1, 0.15) is 4.90 Å². The molecule has 0 bridgehead atoms. The van der Waals surface area contributed by atoms with Crippen LogP contribution in [0.2, 0.25) is 0 Å². The zero-order chi connectivity index (χ0) is 14.9. The third-order valence-corrected chi connectivity index (χ3v) is 7.07. The first-order valence-corrected chi connectivity index (χ1v) is 9.40. The number of sulfonamides is 1. The number of benzene rings is 1. The first-order valence-electron chi connectivity index (χ1n) is 5.51. The maximum Gasteiger partial charge on any atom is 0.263 e. The van der Waals surface area contributed by atoms with Gasteiger partial charge in [-0.05, 0) is 52.7 Å². The fraction of sp³-hybridized carbons (Fsp3) is 0.167. The van der Waals surface area contributed by atoms with Gasteiger partial charge >= 0.3 is 0 Å². The minimum Gasteiger partial charge on any atom is -0.391 e. The second kappa shape index (κ2) is 6.15. The maximum absolute atomic E-state index is 12.3. The lowest BCUT2D eigenvalue weighted by atomic mass is 10.2. The average Bonchev–Trinajstić information content (AvgIpc) is 2.76. The molecule has 0 aliphatic carbocycles. The van der Waals surface area contributed by atoms with Crippen LogP contribution in [0.15, 0.2) is 37.4 Å². The molecule has 8 heteroatoms. The molecule has 0 atom stereocenters. The number of thiophene rings is 1. The van der Waals surface area contributed by atoms with Crippen LogP contribution in [0.1, 0.15) is 10.4 Å². The van der Waals surface area contributed by atoms with Crippen molar-refractivity contribution in [1.82, 2.24) is 0 Å². The number of aliphatic hydroxyl groups is 1. The molecule has 0 radical (unpaired) electrons. The highest BCUT2D eigenvalue weighted by molar-refractivity contribution is 9.11. The largest absolute Gasteiger partial charge is 0.391 e. The third kappa shape index (κ3) is 3.43. The molecule has 20 heavy (non-hydrogen) atoms. The van der Waals surface area contributed by atoms with Gasteiger partial charge in [0.15, 0.2) is 0 Å². The lowest BCUT2D eigenvalue weighted by Crippen LogP contribution is -2.12. The molecule has 0 saturated carbocycles. The normalized spacial score (nSPS) is 11.6. The van der Waals surface area contributed by atoms with Crippen molar-refractivity contribution in [1.29, 1.82) is 0 Å². The van der Waals surface area contributed by atoms with Gasteiger partial charge in [0.05, 0.1) is 10.4 Å². The molecule has 2 rings (SSSR count). The molecule has 1 aromatic heterocycles. The zero-order valence-corrected chi connectivity index (χ0v) is 15.2. The summed E-state index contributed by atoms with van der Waals surface area (Å²) in [6, 6.07) is 6.68. The summed E-state index contributed by atoms with van der Waals surface area (Å²) in [6.07, 6.45) is 0. The number of hydrogen-bond acceptors (Lipinski definition) is 4. The van der Waals surface area contributed by atoms with E-state index < -0.39 is 10.0 Å². The third-order valence-electron chi connectivity index (χ3n) is 2.56. The van der Waals surface area contributed by atoms with Crippen LogP contribution in [0, 0.1) is 6.92 Å². The zero-order valence-electron chi connectivity index (χ0n) is 10.4. The van der Waals surface area contributed by atoms with E-state index in [1.54, 1.807) is 18.2 Å². The van der Waals surface area contributed by atoms with Crippen LogP contribution in [0.3, 0.4) is 0 Å². The molecule has 108 valence electrons. The molecule has 0 unspecified atom stereocenters. The Morgan fingerprint density at radius 3 is 2.55 bits per heavy atom. The fourth-order valence-electron chi connectivity index (χ4n) is 1.58. The number of halogens is 2. The highest BCUT2D eigenvalue weighted by Crippen LogP contribution is 2.33. The Kier molecular flexibility index (Phi) is 4.91. The number of aryl methyl sites for hydroxylation is 1. The molecular weight excluding hydrogens is 430 g/mol. The molecule has 0 aliphatic heterocycles. The Bertz CT molecular complexity index is 741. The van der Waals surface area contributed by atoms with E-state index in [2.05, 4.69) is 36.6 Å². The lowest BCUT2D eigenvalue weighted by molar-refractivity contribution is 0.285. The minimum absolute atomic E-state index is 0.132. The number of aliphatic hydroxyl groups excluding tert-OH is 1. The number of nitrogens with one attached hydrogen (secondary N) is 1. The topological polar surface area (TPSA) is 66.4 Å². The van der Waals surface area contributed by atoms with E-state index in [0.717, 1.165) is 10.0 Å². The number of hydrogen-bond donors (Lipinski definition) is 2. The lowest BCUT2D eigenvalue weighted by Gasteiger charge is -2.08. The smallest absolute Gasteiger partial charge is 0.263 e. The van der Waals surface area contributed by atoms with Gasteiger partial charge in [0, 0.05) is 15.0 Å². The first-order chi connectivity index (χ1) is 9.33. The van der Waals surface area contributed by atoms with Crippen molar-refractivity contribution in [2.75, 3.05) is 4.72 Å². The van der Waals surface area contributed by atoms with Crippen molar-refractivity contribution in [3.05, 3.63) is 43.0 Å². The SMILES string of the molecule is Cc1cc(NS(=O)(=O)c2cc(CO)sc2Br)ccc1Br. The van der Waals surface area contributed by atoms with Crippen molar-refractivity contribution < 1.29 is 13.5 Å². The summed E-state index contributed by atoms with van der Waals surface area (Å²) in [4.78, 5) is 0.719. The summed E-state index contributed by atoms with van der Waals surface area (Å²) in [5.74, 6) is 0. The molecule has 1 aromatic carbocycles. The van der Waals surface area contributed by atoms with Crippen LogP contribution in [-0.2, 0) is 16.6 Å². The fourth-order valence-corrected chi connectivity index (χ4v) is 5.42. The Morgan fingerprint density at radius 1 is 1.30 bits per heavy atom. The van der Waals surface area contributed by atoms with Crippen LogP contribution < -0.4 is 4.72 Å². The summed E-state index contributed by atoms with van der Waals surface area (Å²) in [7, 11) is -3.68. The molecule has 0 fully saturated rings. The van der Waals surface area contributed by atoms with Gasteiger partial charge in [-0.1, -0.05) is 15.9 Å². The van der Waals surface area contributed by atoms with Crippen molar-refractivity contribution in [3.8, 4) is 0 Å². The summed E-state index contributed by atoms with van der Waals surface area (Å²) in [5.41, 5.74) is 1.43. The highest BCUT2D eigenvalue weighted by atomic mass is 79.9. The predicted molar refractivity (Wildman–Crippen MR) is 87.6 cm³/mol. The van der Waals surface area contributed by atoms with E-state index in [1.807, 2.05) is 6.92 Å². The quantitative estimate of drug-likeness (QED) is 0.758. The van der Waals surface area contributed by atoms with E-state index in [4.69, 9.17) is 5.11 Å². The minimum atomic E-state index is -3.68. The maximum atomic E-state index is 12.3.